The maximum absolute atomic E-state index is 12.3. The summed E-state index contributed by atoms with van der Waals surface area (Å²) in [6.45, 7) is 9.74. The van der Waals surface area contributed by atoms with Gasteiger partial charge in [-0.2, -0.15) is 0 Å². The number of carbonyl (C=O) groups excluding carboxylic acids is 2. The van der Waals surface area contributed by atoms with Crippen LogP contribution in [-0.2, 0) is 15.0 Å². The lowest BCUT2D eigenvalue weighted by Gasteiger charge is -2.31. The van der Waals surface area contributed by atoms with E-state index < -0.39 is 0 Å². The molecule has 0 bridgehead atoms. The van der Waals surface area contributed by atoms with Crippen molar-refractivity contribution in [3.05, 3.63) is 23.8 Å². The molecule has 0 aliphatic carbocycles. The van der Waals surface area contributed by atoms with Gasteiger partial charge in [0.1, 0.15) is 5.75 Å². The number of fused-ring (bicyclic) bond motifs is 1. The van der Waals surface area contributed by atoms with Crippen molar-refractivity contribution in [2.75, 3.05) is 24.6 Å². The molecule has 0 fully saturated rings. The molecule has 2 rings (SSSR count). The minimum Gasteiger partial charge on any atom is -0.482 e. The summed E-state index contributed by atoms with van der Waals surface area (Å²) in [4.78, 5) is 25.7. The molecule has 0 saturated heterocycles. The van der Waals surface area contributed by atoms with Gasteiger partial charge in [-0.1, -0.05) is 33.8 Å². The second-order valence-electron chi connectivity index (χ2n) is 7.22. The quantitative estimate of drug-likeness (QED) is 0.871. The lowest BCUT2D eigenvalue weighted by atomic mass is 9.86. The molecule has 0 radical (unpaired) electrons. The van der Waals surface area contributed by atoms with Crippen LogP contribution in [0.15, 0.2) is 18.2 Å². The van der Waals surface area contributed by atoms with Crippen molar-refractivity contribution < 1.29 is 14.3 Å². The predicted octanol–water partition coefficient (Wildman–Crippen LogP) is 3.02. The van der Waals surface area contributed by atoms with Crippen molar-refractivity contribution in [3.8, 4) is 5.75 Å². The van der Waals surface area contributed by atoms with Crippen molar-refractivity contribution in [2.24, 2.45) is 0 Å². The first-order chi connectivity index (χ1) is 11.3. The molecule has 0 spiro atoms. The van der Waals surface area contributed by atoms with E-state index in [1.165, 1.54) is 0 Å². The average Bonchev–Trinajstić information content (AvgIpc) is 2.53. The second kappa shape index (κ2) is 7.69. The van der Waals surface area contributed by atoms with Gasteiger partial charge < -0.3 is 15.0 Å². The summed E-state index contributed by atoms with van der Waals surface area (Å²) in [5.74, 6) is 0.724. The van der Waals surface area contributed by atoms with Crippen molar-refractivity contribution in [1.29, 1.82) is 0 Å². The standard InChI is InChI=1S/C19H28N2O3/c1-5-10-20-17(22)7-6-11-21-15-12-14(19(2,3)4)8-9-16(15)24-13-18(21)23/h8-9,12H,5-7,10-11,13H2,1-4H3,(H,20,22). The minimum absolute atomic E-state index is 0.00122. The van der Waals surface area contributed by atoms with Crippen LogP contribution >= 0.6 is 0 Å². The number of nitrogens with zero attached hydrogens (tertiary/aromatic N) is 1. The summed E-state index contributed by atoms with van der Waals surface area (Å²) in [6.07, 6.45) is 2.00. The third-order valence-electron chi connectivity index (χ3n) is 4.13. The van der Waals surface area contributed by atoms with Crippen LogP contribution < -0.4 is 15.0 Å². The fourth-order valence-electron chi connectivity index (χ4n) is 2.66. The van der Waals surface area contributed by atoms with Gasteiger partial charge in [0, 0.05) is 19.5 Å². The Kier molecular flexibility index (Phi) is 5.86. The number of ether oxygens (including phenoxy) is 1. The Balaban J connectivity index is 2.08. The van der Waals surface area contributed by atoms with Gasteiger partial charge in [0.15, 0.2) is 6.61 Å². The molecule has 0 saturated carbocycles. The second-order valence-corrected chi connectivity index (χ2v) is 7.22. The summed E-state index contributed by atoms with van der Waals surface area (Å²) in [5.41, 5.74) is 1.97. The molecule has 24 heavy (non-hydrogen) atoms. The van der Waals surface area contributed by atoms with Gasteiger partial charge in [-0.15, -0.1) is 0 Å². The number of rotatable bonds is 6. The number of anilines is 1. The highest BCUT2D eigenvalue weighted by atomic mass is 16.5. The Morgan fingerprint density at radius 2 is 2.08 bits per heavy atom. The lowest BCUT2D eigenvalue weighted by Crippen LogP contribution is -2.40. The highest BCUT2D eigenvalue weighted by Gasteiger charge is 2.27. The van der Waals surface area contributed by atoms with Crippen LogP contribution in [0.5, 0.6) is 5.75 Å². The van der Waals surface area contributed by atoms with Crippen molar-refractivity contribution in [3.63, 3.8) is 0 Å². The van der Waals surface area contributed by atoms with Crippen molar-refractivity contribution in [2.45, 2.75) is 52.4 Å². The van der Waals surface area contributed by atoms with E-state index in [9.17, 15) is 9.59 Å². The number of benzene rings is 1. The zero-order valence-electron chi connectivity index (χ0n) is 15.1. The zero-order valence-corrected chi connectivity index (χ0v) is 15.1. The van der Waals surface area contributed by atoms with Crippen LogP contribution in [0.4, 0.5) is 5.69 Å². The fourth-order valence-corrected chi connectivity index (χ4v) is 2.66. The SMILES string of the molecule is CCCNC(=O)CCCN1C(=O)COc2ccc(C(C)(C)C)cc21. The summed E-state index contributed by atoms with van der Waals surface area (Å²) in [6, 6.07) is 6.01. The maximum Gasteiger partial charge on any atom is 0.265 e. The summed E-state index contributed by atoms with van der Waals surface area (Å²) in [5, 5.41) is 2.86. The van der Waals surface area contributed by atoms with E-state index in [2.05, 4.69) is 26.1 Å². The number of hydrogen-bond acceptors (Lipinski definition) is 3. The van der Waals surface area contributed by atoms with Gasteiger partial charge >= 0.3 is 0 Å². The highest BCUT2D eigenvalue weighted by Crippen LogP contribution is 2.36. The van der Waals surface area contributed by atoms with E-state index in [1.807, 2.05) is 25.1 Å². The Morgan fingerprint density at radius 3 is 2.75 bits per heavy atom. The zero-order chi connectivity index (χ0) is 17.7. The summed E-state index contributed by atoms with van der Waals surface area (Å²) >= 11 is 0. The van der Waals surface area contributed by atoms with E-state index in [-0.39, 0.29) is 23.8 Å². The Hall–Kier alpha value is -2.04. The molecule has 1 N–H and O–H groups in total. The van der Waals surface area contributed by atoms with E-state index in [1.54, 1.807) is 4.90 Å². The highest BCUT2D eigenvalue weighted by molar-refractivity contribution is 5.98. The fraction of sp³-hybridized carbons (Fsp3) is 0.579. The van der Waals surface area contributed by atoms with Crippen LogP contribution in [0, 0.1) is 0 Å². The lowest BCUT2D eigenvalue weighted by molar-refractivity contribution is -0.122. The molecular formula is C19H28N2O3. The molecule has 0 atom stereocenters. The van der Waals surface area contributed by atoms with Crippen molar-refractivity contribution >= 4 is 17.5 Å². The molecule has 5 nitrogen and oxygen atoms in total. The number of amides is 2. The van der Waals surface area contributed by atoms with E-state index >= 15 is 0 Å². The van der Waals surface area contributed by atoms with Gasteiger partial charge in [-0.05, 0) is 36.0 Å². The number of carbonyl (C=O) groups is 2. The molecule has 1 aromatic rings. The minimum atomic E-state index is -0.0532. The molecular weight excluding hydrogens is 304 g/mol. The molecule has 2 amide bonds. The summed E-state index contributed by atoms with van der Waals surface area (Å²) < 4.78 is 5.54. The van der Waals surface area contributed by atoms with Gasteiger partial charge in [0.2, 0.25) is 5.91 Å². The Labute approximate surface area is 144 Å². The maximum atomic E-state index is 12.3. The smallest absolute Gasteiger partial charge is 0.265 e. The molecule has 0 aromatic heterocycles. The number of nitrogens with one attached hydrogen (secondary N) is 1. The van der Waals surface area contributed by atoms with Crippen LogP contribution in [0.2, 0.25) is 0 Å². The van der Waals surface area contributed by atoms with Gasteiger partial charge in [0.05, 0.1) is 5.69 Å². The van der Waals surface area contributed by atoms with Gasteiger partial charge in [-0.25, -0.2) is 0 Å². The van der Waals surface area contributed by atoms with Crippen molar-refractivity contribution in [1.82, 2.24) is 5.32 Å². The molecule has 1 aliphatic heterocycles. The predicted molar refractivity (Wildman–Crippen MR) is 95.5 cm³/mol. The molecule has 0 unspecified atom stereocenters. The van der Waals surface area contributed by atoms with Gasteiger partial charge in [0.25, 0.3) is 5.91 Å². The Bertz CT molecular complexity index is 605. The van der Waals surface area contributed by atoms with E-state index in [0.717, 1.165) is 23.4 Å². The first-order valence-corrected chi connectivity index (χ1v) is 8.67. The average molecular weight is 332 g/mol. The first kappa shape index (κ1) is 18.3. The number of hydrogen-bond donors (Lipinski definition) is 1. The van der Waals surface area contributed by atoms with Crippen LogP contribution in [0.25, 0.3) is 0 Å². The summed E-state index contributed by atoms with van der Waals surface area (Å²) in [7, 11) is 0. The van der Waals surface area contributed by atoms with E-state index in [4.69, 9.17) is 4.74 Å². The normalized spacial score (nSPS) is 14.2. The third kappa shape index (κ3) is 4.49. The monoisotopic (exact) mass is 332 g/mol. The van der Waals surface area contributed by atoms with Gasteiger partial charge in [-0.3, -0.25) is 9.59 Å². The first-order valence-electron chi connectivity index (χ1n) is 8.67. The van der Waals surface area contributed by atoms with Crippen LogP contribution in [0.1, 0.15) is 52.5 Å². The molecule has 1 aliphatic rings. The molecule has 5 heteroatoms. The molecule has 132 valence electrons. The topological polar surface area (TPSA) is 58.6 Å². The Morgan fingerprint density at radius 1 is 1.33 bits per heavy atom. The largest absolute Gasteiger partial charge is 0.482 e. The van der Waals surface area contributed by atoms with E-state index in [0.29, 0.717) is 25.9 Å². The molecule has 1 heterocycles. The van der Waals surface area contributed by atoms with Crippen LogP contribution in [-0.4, -0.2) is 31.5 Å². The third-order valence-corrected chi connectivity index (χ3v) is 4.13. The van der Waals surface area contributed by atoms with Crippen LogP contribution in [0.3, 0.4) is 0 Å². The molecule has 1 aromatic carbocycles.